The van der Waals surface area contributed by atoms with Gasteiger partial charge in [0.25, 0.3) is 0 Å². The second kappa shape index (κ2) is 7.40. The van der Waals surface area contributed by atoms with Crippen LogP contribution in [0, 0.1) is 0 Å². The third kappa shape index (κ3) is 4.17. The molecular weight excluding hydrogens is 286 g/mol. The average molecular weight is 300 g/mol. The molecule has 0 spiro atoms. The van der Waals surface area contributed by atoms with Gasteiger partial charge in [0.2, 0.25) is 0 Å². The van der Waals surface area contributed by atoms with E-state index in [1.807, 2.05) is 0 Å². The van der Waals surface area contributed by atoms with Crippen molar-refractivity contribution >= 4 is 29.2 Å². The zero-order valence-electron chi connectivity index (χ0n) is 11.2. The number of carbonyl (C=O) groups is 2. The van der Waals surface area contributed by atoms with Gasteiger partial charge in [0, 0.05) is 5.69 Å². The minimum absolute atomic E-state index is 0.0689. The lowest BCUT2D eigenvalue weighted by atomic mass is 10.2. The van der Waals surface area contributed by atoms with E-state index >= 15 is 0 Å². The van der Waals surface area contributed by atoms with Crippen molar-refractivity contribution in [3.63, 3.8) is 0 Å². The number of halogens is 1. The monoisotopic (exact) mass is 299 g/mol. The van der Waals surface area contributed by atoms with Crippen molar-refractivity contribution in [3.8, 4) is 5.75 Å². The normalized spacial score (nSPS) is 10.7. The number of nitrogens with one attached hydrogen (secondary N) is 1. The van der Waals surface area contributed by atoms with Gasteiger partial charge in [0.15, 0.2) is 0 Å². The first-order chi connectivity index (χ1) is 9.51. The second-order valence-electron chi connectivity index (χ2n) is 3.55. The summed E-state index contributed by atoms with van der Waals surface area (Å²) in [7, 11) is 3.90. The van der Waals surface area contributed by atoms with Crippen LogP contribution in [0.2, 0.25) is 5.02 Å². The first-order valence-corrected chi connectivity index (χ1v) is 5.88. The first-order valence-electron chi connectivity index (χ1n) is 5.50. The Morgan fingerprint density at radius 2 is 1.90 bits per heavy atom. The standard InChI is InChI=1S/C13H14ClNO5/c1-18-11-5-4-8(6-9(11)14)15-10(13(17)20-3)7-12(16)19-2/h4-7,15H,1-3H3/b10-7-. The van der Waals surface area contributed by atoms with Crippen molar-refractivity contribution < 1.29 is 23.8 Å². The highest BCUT2D eigenvalue weighted by atomic mass is 35.5. The molecule has 0 saturated heterocycles. The predicted octanol–water partition coefficient (Wildman–Crippen LogP) is 1.99. The maximum atomic E-state index is 11.6. The van der Waals surface area contributed by atoms with Crippen molar-refractivity contribution in [2.24, 2.45) is 0 Å². The Hall–Kier alpha value is -2.21. The number of hydrogen-bond acceptors (Lipinski definition) is 6. The van der Waals surface area contributed by atoms with E-state index in [9.17, 15) is 9.59 Å². The van der Waals surface area contributed by atoms with Crippen LogP contribution in [0.15, 0.2) is 30.0 Å². The molecular formula is C13H14ClNO5. The Labute approximate surface area is 121 Å². The summed E-state index contributed by atoms with van der Waals surface area (Å²) in [5.41, 5.74) is 0.428. The fourth-order valence-corrected chi connectivity index (χ4v) is 1.59. The van der Waals surface area contributed by atoms with Crippen molar-refractivity contribution in [1.82, 2.24) is 0 Å². The SMILES string of the molecule is COC(=O)/C=C(\Nc1ccc(OC)c(Cl)c1)C(=O)OC. The molecule has 0 heterocycles. The number of anilines is 1. The van der Waals surface area contributed by atoms with Crippen LogP contribution in [0.4, 0.5) is 5.69 Å². The molecule has 0 bridgehead atoms. The van der Waals surface area contributed by atoms with Gasteiger partial charge in [-0.25, -0.2) is 9.59 Å². The van der Waals surface area contributed by atoms with Gasteiger partial charge in [-0.3, -0.25) is 0 Å². The van der Waals surface area contributed by atoms with Gasteiger partial charge in [-0.15, -0.1) is 0 Å². The molecule has 1 N–H and O–H groups in total. The van der Waals surface area contributed by atoms with Gasteiger partial charge in [0.1, 0.15) is 11.4 Å². The van der Waals surface area contributed by atoms with Crippen LogP contribution in [0.1, 0.15) is 0 Å². The smallest absolute Gasteiger partial charge is 0.354 e. The third-order valence-electron chi connectivity index (χ3n) is 2.30. The molecule has 0 fully saturated rings. The molecule has 0 unspecified atom stereocenters. The minimum Gasteiger partial charge on any atom is -0.495 e. The van der Waals surface area contributed by atoms with E-state index in [0.29, 0.717) is 16.5 Å². The summed E-state index contributed by atoms with van der Waals surface area (Å²) in [6.07, 6.45) is 0.990. The van der Waals surface area contributed by atoms with Gasteiger partial charge >= 0.3 is 11.9 Å². The minimum atomic E-state index is -0.706. The number of hydrogen-bond donors (Lipinski definition) is 1. The van der Waals surface area contributed by atoms with E-state index in [1.165, 1.54) is 21.3 Å². The molecule has 108 valence electrons. The Kier molecular flexibility index (Phi) is 5.86. The highest BCUT2D eigenvalue weighted by molar-refractivity contribution is 6.32. The Morgan fingerprint density at radius 1 is 1.20 bits per heavy atom. The molecule has 0 aliphatic rings. The number of methoxy groups -OCH3 is 3. The summed E-state index contributed by atoms with van der Waals surface area (Å²) in [4.78, 5) is 22.8. The van der Waals surface area contributed by atoms with Crippen molar-refractivity contribution in [2.75, 3.05) is 26.6 Å². The van der Waals surface area contributed by atoms with Gasteiger partial charge in [0.05, 0.1) is 32.4 Å². The molecule has 7 heteroatoms. The van der Waals surface area contributed by atoms with E-state index in [0.717, 1.165) is 6.08 Å². The Balaban J connectivity index is 3.01. The lowest BCUT2D eigenvalue weighted by Gasteiger charge is -2.10. The zero-order valence-corrected chi connectivity index (χ0v) is 12.0. The van der Waals surface area contributed by atoms with Crippen LogP contribution in [-0.4, -0.2) is 33.3 Å². The maximum absolute atomic E-state index is 11.6. The van der Waals surface area contributed by atoms with Crippen LogP contribution < -0.4 is 10.1 Å². The quantitative estimate of drug-likeness (QED) is 0.662. The number of ether oxygens (including phenoxy) is 3. The highest BCUT2D eigenvalue weighted by Gasteiger charge is 2.13. The summed E-state index contributed by atoms with van der Waals surface area (Å²) < 4.78 is 14.0. The topological polar surface area (TPSA) is 73.9 Å². The predicted molar refractivity (Wildman–Crippen MR) is 73.7 cm³/mol. The second-order valence-corrected chi connectivity index (χ2v) is 3.95. The summed E-state index contributed by atoms with van der Waals surface area (Å²) in [5, 5.41) is 3.09. The molecule has 1 aromatic rings. The van der Waals surface area contributed by atoms with E-state index < -0.39 is 11.9 Å². The summed E-state index contributed by atoms with van der Waals surface area (Å²) in [6.45, 7) is 0. The van der Waals surface area contributed by atoms with Gasteiger partial charge < -0.3 is 19.5 Å². The lowest BCUT2D eigenvalue weighted by Crippen LogP contribution is -2.15. The van der Waals surface area contributed by atoms with Crippen molar-refractivity contribution in [2.45, 2.75) is 0 Å². The Morgan fingerprint density at radius 3 is 2.40 bits per heavy atom. The molecule has 0 radical (unpaired) electrons. The van der Waals surface area contributed by atoms with E-state index in [2.05, 4.69) is 14.8 Å². The number of carbonyl (C=O) groups excluding carboxylic acids is 2. The molecule has 0 aromatic heterocycles. The van der Waals surface area contributed by atoms with Crippen LogP contribution in [0.5, 0.6) is 5.75 Å². The van der Waals surface area contributed by atoms with Crippen LogP contribution in [0.3, 0.4) is 0 Å². The van der Waals surface area contributed by atoms with Crippen LogP contribution in [-0.2, 0) is 19.1 Å². The molecule has 0 atom stereocenters. The van der Waals surface area contributed by atoms with Gasteiger partial charge in [-0.2, -0.15) is 0 Å². The number of benzene rings is 1. The van der Waals surface area contributed by atoms with Crippen molar-refractivity contribution in [3.05, 3.63) is 35.0 Å². The van der Waals surface area contributed by atoms with Gasteiger partial charge in [-0.05, 0) is 18.2 Å². The largest absolute Gasteiger partial charge is 0.495 e. The molecule has 20 heavy (non-hydrogen) atoms. The number of rotatable bonds is 5. The summed E-state index contributed by atoms with van der Waals surface area (Å²) in [5.74, 6) is -0.895. The fraction of sp³-hybridized carbons (Fsp3) is 0.231. The first kappa shape index (κ1) is 15.8. The average Bonchev–Trinajstić information content (AvgIpc) is 2.45. The molecule has 0 aliphatic heterocycles. The molecule has 1 rings (SSSR count). The fourth-order valence-electron chi connectivity index (χ4n) is 1.33. The Bertz CT molecular complexity index is 542. The molecule has 0 aliphatic carbocycles. The van der Waals surface area contributed by atoms with E-state index in [1.54, 1.807) is 18.2 Å². The van der Waals surface area contributed by atoms with E-state index in [-0.39, 0.29) is 5.70 Å². The molecule has 1 aromatic carbocycles. The van der Waals surface area contributed by atoms with Crippen molar-refractivity contribution in [1.29, 1.82) is 0 Å². The highest BCUT2D eigenvalue weighted by Crippen LogP contribution is 2.27. The molecule has 0 amide bonds. The summed E-state index contributed by atoms with van der Waals surface area (Å²) in [6, 6.07) is 4.81. The summed E-state index contributed by atoms with van der Waals surface area (Å²) >= 11 is 5.97. The van der Waals surface area contributed by atoms with Crippen LogP contribution >= 0.6 is 11.6 Å². The van der Waals surface area contributed by atoms with Gasteiger partial charge in [-0.1, -0.05) is 11.6 Å². The number of esters is 2. The third-order valence-corrected chi connectivity index (χ3v) is 2.59. The maximum Gasteiger partial charge on any atom is 0.354 e. The molecule has 6 nitrogen and oxygen atoms in total. The lowest BCUT2D eigenvalue weighted by molar-refractivity contribution is -0.138. The van der Waals surface area contributed by atoms with E-state index in [4.69, 9.17) is 16.3 Å². The van der Waals surface area contributed by atoms with Crippen LogP contribution in [0.25, 0.3) is 0 Å². The zero-order chi connectivity index (χ0) is 15.1. The molecule has 0 saturated carbocycles.